The Labute approximate surface area is 140 Å². The van der Waals surface area contributed by atoms with E-state index in [1.165, 1.54) is 16.8 Å². The highest BCUT2D eigenvalue weighted by Crippen LogP contribution is 2.18. The van der Waals surface area contributed by atoms with Crippen molar-refractivity contribution in [3.63, 3.8) is 0 Å². The van der Waals surface area contributed by atoms with Gasteiger partial charge in [0.05, 0.1) is 10.2 Å². The average Bonchev–Trinajstić information content (AvgIpc) is 2.87. The zero-order valence-electron chi connectivity index (χ0n) is 12.3. The second kappa shape index (κ2) is 7.36. The Morgan fingerprint density at radius 1 is 1.39 bits per heavy atom. The molecule has 0 aliphatic heterocycles. The van der Waals surface area contributed by atoms with Crippen LogP contribution in [0.15, 0.2) is 34.9 Å². The minimum Gasteiger partial charge on any atom is -0.481 e. The number of nitrogens with zero attached hydrogens (tertiary/aromatic N) is 2. The van der Waals surface area contributed by atoms with Gasteiger partial charge in [-0.05, 0) is 46.1 Å². The summed E-state index contributed by atoms with van der Waals surface area (Å²) < 4.78 is 14.9. The molecule has 122 valence electrons. The molecule has 0 saturated heterocycles. The summed E-state index contributed by atoms with van der Waals surface area (Å²) >= 11 is 3.26. The van der Waals surface area contributed by atoms with Gasteiger partial charge < -0.3 is 10.4 Å². The third-order valence-electron chi connectivity index (χ3n) is 3.11. The molecule has 0 bridgehead atoms. The van der Waals surface area contributed by atoms with Gasteiger partial charge in [-0.1, -0.05) is 6.92 Å². The quantitative estimate of drug-likeness (QED) is 0.802. The van der Waals surface area contributed by atoms with Gasteiger partial charge in [0.25, 0.3) is 5.91 Å². The van der Waals surface area contributed by atoms with Crippen molar-refractivity contribution in [2.24, 2.45) is 5.92 Å². The van der Waals surface area contributed by atoms with Crippen LogP contribution in [0.4, 0.5) is 4.39 Å². The number of hydrogen-bond acceptors (Lipinski definition) is 3. The van der Waals surface area contributed by atoms with Crippen LogP contribution in [0, 0.1) is 11.7 Å². The smallest absolute Gasteiger partial charge is 0.303 e. The number of rotatable bonds is 6. The fourth-order valence-corrected chi connectivity index (χ4v) is 2.41. The second-order valence-corrected chi connectivity index (χ2v) is 6.01. The van der Waals surface area contributed by atoms with Crippen LogP contribution in [-0.4, -0.2) is 33.3 Å². The maximum Gasteiger partial charge on any atom is 0.303 e. The van der Waals surface area contributed by atoms with Gasteiger partial charge in [-0.3, -0.25) is 9.59 Å². The highest BCUT2D eigenvalue weighted by Gasteiger charge is 2.17. The fourth-order valence-electron chi connectivity index (χ4n) is 1.95. The van der Waals surface area contributed by atoms with Gasteiger partial charge in [0.15, 0.2) is 5.69 Å². The molecule has 8 heteroatoms. The predicted octanol–water partition coefficient (Wildman–Crippen LogP) is 2.61. The number of nitrogens with one attached hydrogen (secondary N) is 1. The van der Waals surface area contributed by atoms with E-state index in [9.17, 15) is 14.0 Å². The van der Waals surface area contributed by atoms with Gasteiger partial charge in [0.2, 0.25) is 0 Å². The van der Waals surface area contributed by atoms with Crippen LogP contribution in [-0.2, 0) is 4.79 Å². The third kappa shape index (κ3) is 4.62. The number of amides is 1. The molecule has 6 nitrogen and oxygen atoms in total. The van der Waals surface area contributed by atoms with Crippen LogP contribution >= 0.6 is 15.9 Å². The number of halogens is 2. The number of aromatic nitrogens is 2. The van der Waals surface area contributed by atoms with E-state index in [0.717, 1.165) is 0 Å². The number of benzene rings is 1. The summed E-state index contributed by atoms with van der Waals surface area (Å²) in [6.07, 6.45) is 1.58. The van der Waals surface area contributed by atoms with Crippen LogP contribution in [0.1, 0.15) is 23.8 Å². The molecular weight excluding hydrogens is 369 g/mol. The van der Waals surface area contributed by atoms with Gasteiger partial charge in [0, 0.05) is 19.2 Å². The lowest BCUT2D eigenvalue weighted by Gasteiger charge is -2.09. The van der Waals surface area contributed by atoms with Crippen molar-refractivity contribution in [3.8, 4) is 5.69 Å². The topological polar surface area (TPSA) is 84.2 Å². The highest BCUT2D eigenvalue weighted by molar-refractivity contribution is 9.10. The zero-order valence-corrected chi connectivity index (χ0v) is 13.9. The summed E-state index contributed by atoms with van der Waals surface area (Å²) in [5, 5.41) is 15.5. The van der Waals surface area contributed by atoms with E-state index in [4.69, 9.17) is 5.11 Å². The van der Waals surface area contributed by atoms with Gasteiger partial charge >= 0.3 is 5.97 Å². The number of carboxylic acids is 1. The maximum absolute atomic E-state index is 12.9. The monoisotopic (exact) mass is 383 g/mol. The van der Waals surface area contributed by atoms with Crippen LogP contribution in [0.25, 0.3) is 5.69 Å². The van der Waals surface area contributed by atoms with Gasteiger partial charge in [-0.15, -0.1) is 0 Å². The van der Waals surface area contributed by atoms with Crippen molar-refractivity contribution in [1.29, 1.82) is 0 Å². The average molecular weight is 384 g/mol. The number of hydrogen-bond donors (Lipinski definition) is 2. The van der Waals surface area contributed by atoms with E-state index in [1.807, 2.05) is 0 Å². The zero-order chi connectivity index (χ0) is 17.0. The Morgan fingerprint density at radius 2 is 2.04 bits per heavy atom. The highest BCUT2D eigenvalue weighted by atomic mass is 79.9. The first-order valence-corrected chi connectivity index (χ1v) is 7.67. The van der Waals surface area contributed by atoms with Crippen molar-refractivity contribution in [2.45, 2.75) is 13.3 Å². The van der Waals surface area contributed by atoms with E-state index in [0.29, 0.717) is 10.2 Å². The van der Waals surface area contributed by atoms with Crippen LogP contribution in [0.5, 0.6) is 0 Å². The van der Waals surface area contributed by atoms with E-state index < -0.39 is 11.9 Å². The van der Waals surface area contributed by atoms with Crippen LogP contribution in [0.3, 0.4) is 0 Å². The lowest BCUT2D eigenvalue weighted by Crippen LogP contribution is -2.29. The van der Waals surface area contributed by atoms with Crippen LogP contribution in [0.2, 0.25) is 0 Å². The molecular formula is C15H15BrFN3O3. The molecule has 0 fully saturated rings. The number of carbonyl (C=O) groups excluding carboxylic acids is 1. The molecule has 23 heavy (non-hydrogen) atoms. The number of aliphatic carboxylic acids is 1. The van der Waals surface area contributed by atoms with E-state index in [1.54, 1.807) is 25.3 Å². The molecule has 1 heterocycles. The Hall–Kier alpha value is -2.22. The lowest BCUT2D eigenvalue weighted by molar-refractivity contribution is -0.137. The Kier molecular flexibility index (Phi) is 5.49. The molecule has 0 saturated carbocycles. The van der Waals surface area contributed by atoms with E-state index >= 15 is 0 Å². The molecule has 1 atom stereocenters. The van der Waals surface area contributed by atoms with Crippen molar-refractivity contribution in [2.75, 3.05) is 6.54 Å². The second-order valence-electron chi connectivity index (χ2n) is 5.16. The van der Waals surface area contributed by atoms with Crippen molar-refractivity contribution in [1.82, 2.24) is 15.1 Å². The standard InChI is InChI=1S/C15H15BrFN3O3/c1-9(6-13(21)22)7-18-15(23)14-12(16)8-20(19-14)11-4-2-10(17)3-5-11/h2-5,8-9H,6-7H2,1H3,(H,18,23)(H,21,22). The molecule has 1 aromatic carbocycles. The summed E-state index contributed by atoms with van der Waals surface area (Å²) in [7, 11) is 0. The number of carbonyl (C=O) groups is 2. The Bertz CT molecular complexity index is 715. The summed E-state index contributed by atoms with van der Waals surface area (Å²) in [4.78, 5) is 22.7. The predicted molar refractivity (Wildman–Crippen MR) is 85.0 cm³/mol. The van der Waals surface area contributed by atoms with E-state index in [-0.39, 0.29) is 30.4 Å². The summed E-state index contributed by atoms with van der Waals surface area (Å²) in [6.45, 7) is 1.97. The van der Waals surface area contributed by atoms with Crippen LogP contribution < -0.4 is 5.32 Å². The van der Waals surface area contributed by atoms with Gasteiger partial charge in [-0.25, -0.2) is 9.07 Å². The molecule has 1 unspecified atom stereocenters. The first kappa shape index (κ1) is 17.1. The Balaban J connectivity index is 2.07. The maximum atomic E-state index is 12.9. The molecule has 0 aliphatic carbocycles. The molecule has 1 aromatic heterocycles. The first-order valence-electron chi connectivity index (χ1n) is 6.88. The normalized spacial score (nSPS) is 12.0. The van der Waals surface area contributed by atoms with Crippen molar-refractivity contribution >= 4 is 27.8 Å². The Morgan fingerprint density at radius 3 is 2.65 bits per heavy atom. The minimum absolute atomic E-state index is 0.0224. The largest absolute Gasteiger partial charge is 0.481 e. The summed E-state index contributed by atoms with van der Waals surface area (Å²) in [5.41, 5.74) is 0.794. The van der Waals surface area contributed by atoms with Gasteiger partial charge in [0.1, 0.15) is 5.82 Å². The SMILES string of the molecule is CC(CNC(=O)c1nn(-c2ccc(F)cc2)cc1Br)CC(=O)O. The minimum atomic E-state index is -0.909. The molecule has 2 N–H and O–H groups in total. The molecule has 0 radical (unpaired) electrons. The fraction of sp³-hybridized carbons (Fsp3) is 0.267. The molecule has 2 rings (SSSR count). The van der Waals surface area contributed by atoms with E-state index in [2.05, 4.69) is 26.3 Å². The summed E-state index contributed by atoms with van der Waals surface area (Å²) in [5.74, 6) is -1.86. The molecule has 0 spiro atoms. The number of carboxylic acid groups (broad SMARTS) is 1. The molecule has 2 aromatic rings. The third-order valence-corrected chi connectivity index (χ3v) is 3.69. The first-order chi connectivity index (χ1) is 10.9. The molecule has 0 aliphatic rings. The summed E-state index contributed by atoms with van der Waals surface area (Å²) in [6, 6.07) is 5.70. The molecule has 1 amide bonds. The lowest BCUT2D eigenvalue weighted by atomic mass is 10.1. The van der Waals surface area contributed by atoms with Crippen molar-refractivity contribution < 1.29 is 19.1 Å². The van der Waals surface area contributed by atoms with Crippen molar-refractivity contribution in [3.05, 3.63) is 46.4 Å². The van der Waals surface area contributed by atoms with Gasteiger partial charge in [-0.2, -0.15) is 5.10 Å².